The molecule has 2 N–H and O–H groups in total. The van der Waals surface area contributed by atoms with Crippen LogP contribution in [-0.4, -0.2) is 77.2 Å². The molecule has 1 aliphatic rings. The van der Waals surface area contributed by atoms with Gasteiger partial charge in [0.05, 0.1) is 25.2 Å². The minimum absolute atomic E-state index is 0.0509. The van der Waals surface area contributed by atoms with Gasteiger partial charge in [-0.2, -0.15) is 8.78 Å². The quantitative estimate of drug-likeness (QED) is 0.444. The van der Waals surface area contributed by atoms with Crippen LogP contribution in [0.5, 0.6) is 11.5 Å². The predicted octanol–water partition coefficient (Wildman–Crippen LogP) is 1.08. The predicted molar refractivity (Wildman–Crippen MR) is 108 cm³/mol. The molecule has 29 heavy (non-hydrogen) atoms. The molecule has 1 heterocycles. The van der Waals surface area contributed by atoms with Crippen molar-refractivity contribution >= 4 is 15.8 Å². The topological polar surface area (TPSA) is 92.3 Å². The molecule has 0 atom stereocenters. The molecule has 0 saturated carbocycles. The second kappa shape index (κ2) is 11.1. The number of ether oxygens (including phenoxy) is 2. The van der Waals surface area contributed by atoms with Crippen LogP contribution in [-0.2, 0) is 16.4 Å². The Hall–Kier alpha value is -2.14. The molecule has 0 unspecified atom stereocenters. The van der Waals surface area contributed by atoms with Gasteiger partial charge in [0.15, 0.2) is 15.8 Å². The zero-order valence-corrected chi connectivity index (χ0v) is 17.5. The summed E-state index contributed by atoms with van der Waals surface area (Å²) in [5.74, 6) is 1.47. The molecule has 1 aromatic carbocycles. The molecule has 2 rings (SSSR count). The van der Waals surface area contributed by atoms with Gasteiger partial charge in [-0.1, -0.05) is 0 Å². The van der Waals surface area contributed by atoms with E-state index in [-0.39, 0.29) is 23.8 Å². The monoisotopic (exact) mass is 434 g/mol. The highest BCUT2D eigenvalue weighted by Gasteiger charge is 2.21. The summed E-state index contributed by atoms with van der Waals surface area (Å²) in [5.41, 5.74) is 0.475. The van der Waals surface area contributed by atoms with Crippen molar-refractivity contribution in [1.29, 1.82) is 0 Å². The van der Waals surface area contributed by atoms with Gasteiger partial charge in [-0.25, -0.2) is 13.4 Å². The van der Waals surface area contributed by atoms with Gasteiger partial charge in [0.25, 0.3) is 0 Å². The molecule has 8 nitrogen and oxygen atoms in total. The van der Waals surface area contributed by atoms with Gasteiger partial charge >= 0.3 is 6.61 Å². The van der Waals surface area contributed by atoms with Gasteiger partial charge in [-0.3, -0.25) is 4.90 Å². The molecule has 0 spiro atoms. The molecule has 11 heteroatoms. The van der Waals surface area contributed by atoms with Crippen molar-refractivity contribution < 1.29 is 26.7 Å². The van der Waals surface area contributed by atoms with Crippen LogP contribution >= 0.6 is 0 Å². The SMILES string of the molecule is CCNC(=NCc1cc(OC)ccc1OC(F)F)NCCN1CCS(=O)(=O)CC1. The van der Waals surface area contributed by atoms with Crippen molar-refractivity contribution in [2.24, 2.45) is 4.99 Å². The lowest BCUT2D eigenvalue weighted by atomic mass is 10.2. The fraction of sp³-hybridized carbons (Fsp3) is 0.611. The molecule has 1 saturated heterocycles. The van der Waals surface area contributed by atoms with Gasteiger partial charge in [0.2, 0.25) is 0 Å². The van der Waals surface area contributed by atoms with Crippen LogP contribution in [0.25, 0.3) is 0 Å². The molecule has 1 aromatic rings. The summed E-state index contributed by atoms with van der Waals surface area (Å²) >= 11 is 0. The Balaban J connectivity index is 1.96. The third-order valence-electron chi connectivity index (χ3n) is 4.39. The molecule has 0 aromatic heterocycles. The molecular formula is C18H28F2N4O4S. The summed E-state index contributed by atoms with van der Waals surface area (Å²) in [5, 5.41) is 6.27. The number of nitrogens with zero attached hydrogens (tertiary/aromatic N) is 2. The van der Waals surface area contributed by atoms with Crippen LogP contribution in [0.4, 0.5) is 8.78 Å². The molecule has 0 bridgehead atoms. The summed E-state index contributed by atoms with van der Waals surface area (Å²) < 4.78 is 58.0. The van der Waals surface area contributed by atoms with Crippen molar-refractivity contribution in [2.75, 3.05) is 51.3 Å². The summed E-state index contributed by atoms with van der Waals surface area (Å²) in [7, 11) is -1.40. The van der Waals surface area contributed by atoms with E-state index in [1.54, 1.807) is 12.1 Å². The maximum atomic E-state index is 12.6. The number of methoxy groups -OCH3 is 1. The first kappa shape index (κ1) is 23.1. The van der Waals surface area contributed by atoms with Crippen LogP contribution in [0, 0.1) is 0 Å². The summed E-state index contributed by atoms with van der Waals surface area (Å²) in [6.07, 6.45) is 0. The molecular weight excluding hydrogens is 406 g/mol. The number of aliphatic imine (C=N–C) groups is 1. The average Bonchev–Trinajstić information content (AvgIpc) is 2.67. The number of alkyl halides is 2. The number of guanidine groups is 1. The molecule has 164 valence electrons. The van der Waals surface area contributed by atoms with Crippen molar-refractivity contribution in [3.05, 3.63) is 23.8 Å². The van der Waals surface area contributed by atoms with Crippen molar-refractivity contribution in [3.63, 3.8) is 0 Å². The van der Waals surface area contributed by atoms with E-state index in [1.807, 2.05) is 6.92 Å². The van der Waals surface area contributed by atoms with Crippen molar-refractivity contribution in [3.8, 4) is 11.5 Å². The van der Waals surface area contributed by atoms with E-state index >= 15 is 0 Å². The Morgan fingerprint density at radius 1 is 1.28 bits per heavy atom. The number of halogens is 2. The Labute approximate surface area is 170 Å². The highest BCUT2D eigenvalue weighted by Crippen LogP contribution is 2.26. The van der Waals surface area contributed by atoms with Crippen molar-refractivity contribution in [2.45, 2.75) is 20.1 Å². The van der Waals surface area contributed by atoms with Crippen LogP contribution in [0.1, 0.15) is 12.5 Å². The third-order valence-corrected chi connectivity index (χ3v) is 6.00. The number of hydrogen-bond donors (Lipinski definition) is 2. The van der Waals surface area contributed by atoms with Gasteiger partial charge in [0.1, 0.15) is 11.5 Å². The number of rotatable bonds is 9. The van der Waals surface area contributed by atoms with Crippen molar-refractivity contribution in [1.82, 2.24) is 15.5 Å². The number of benzene rings is 1. The molecule has 0 amide bonds. The molecule has 0 radical (unpaired) electrons. The average molecular weight is 435 g/mol. The lowest BCUT2D eigenvalue weighted by Crippen LogP contribution is -2.45. The van der Waals surface area contributed by atoms with E-state index < -0.39 is 16.4 Å². The van der Waals surface area contributed by atoms with Gasteiger partial charge in [-0.15, -0.1) is 0 Å². The smallest absolute Gasteiger partial charge is 0.387 e. The van der Waals surface area contributed by atoms with E-state index in [9.17, 15) is 17.2 Å². The number of nitrogens with one attached hydrogen (secondary N) is 2. The van der Waals surface area contributed by atoms with Gasteiger partial charge in [0, 0.05) is 38.3 Å². The zero-order chi connectivity index (χ0) is 21.3. The lowest BCUT2D eigenvalue weighted by molar-refractivity contribution is -0.0504. The minimum Gasteiger partial charge on any atom is -0.497 e. The zero-order valence-electron chi connectivity index (χ0n) is 16.7. The van der Waals surface area contributed by atoms with Gasteiger partial charge < -0.3 is 20.1 Å². The molecule has 1 aliphatic heterocycles. The van der Waals surface area contributed by atoms with E-state index in [0.29, 0.717) is 50.0 Å². The Morgan fingerprint density at radius 2 is 2.00 bits per heavy atom. The third kappa shape index (κ3) is 8.01. The first-order valence-electron chi connectivity index (χ1n) is 9.39. The first-order valence-corrected chi connectivity index (χ1v) is 11.2. The van der Waals surface area contributed by atoms with E-state index in [0.717, 1.165) is 0 Å². The summed E-state index contributed by atoms with van der Waals surface area (Å²) in [4.78, 5) is 6.51. The molecule has 0 aliphatic carbocycles. The van der Waals surface area contributed by atoms with E-state index in [2.05, 4.69) is 25.3 Å². The maximum Gasteiger partial charge on any atom is 0.387 e. The maximum absolute atomic E-state index is 12.6. The minimum atomic E-state index is -2.93. The normalized spacial score (nSPS) is 17.2. The van der Waals surface area contributed by atoms with E-state index in [4.69, 9.17) is 4.74 Å². The second-order valence-electron chi connectivity index (χ2n) is 6.47. The Morgan fingerprint density at radius 3 is 2.62 bits per heavy atom. The fourth-order valence-electron chi connectivity index (χ4n) is 2.83. The lowest BCUT2D eigenvalue weighted by Gasteiger charge is -2.26. The summed E-state index contributed by atoms with van der Waals surface area (Å²) in [6.45, 7) is 2.05. The molecule has 1 fully saturated rings. The number of sulfone groups is 1. The standard InChI is InChI=1S/C18H28F2N4O4S/c1-3-21-18(22-6-7-24-8-10-29(25,26)11-9-24)23-13-14-12-15(27-2)4-5-16(14)28-17(19)20/h4-5,12,17H,3,6-11,13H2,1-2H3,(H2,21,22,23). The first-order chi connectivity index (χ1) is 13.8. The van der Waals surface area contributed by atoms with Gasteiger partial charge in [-0.05, 0) is 25.1 Å². The Kier molecular flexibility index (Phi) is 8.90. The van der Waals surface area contributed by atoms with Crippen LogP contribution in [0.3, 0.4) is 0 Å². The van der Waals surface area contributed by atoms with Crippen LogP contribution < -0.4 is 20.1 Å². The van der Waals surface area contributed by atoms with E-state index in [1.165, 1.54) is 13.2 Å². The summed E-state index contributed by atoms with van der Waals surface area (Å²) in [6, 6.07) is 4.59. The second-order valence-corrected chi connectivity index (χ2v) is 8.77. The Bertz CT molecular complexity index is 776. The fourth-order valence-corrected chi connectivity index (χ4v) is 4.11. The van der Waals surface area contributed by atoms with Crippen LogP contribution in [0.15, 0.2) is 23.2 Å². The highest BCUT2D eigenvalue weighted by molar-refractivity contribution is 7.91. The number of hydrogen-bond acceptors (Lipinski definition) is 6. The highest BCUT2D eigenvalue weighted by atomic mass is 32.2. The van der Waals surface area contributed by atoms with Crippen LogP contribution in [0.2, 0.25) is 0 Å². The largest absolute Gasteiger partial charge is 0.497 e.